The van der Waals surface area contributed by atoms with Crippen molar-refractivity contribution < 1.29 is 4.74 Å². The molecule has 2 aromatic rings. The van der Waals surface area contributed by atoms with Crippen molar-refractivity contribution in [3.05, 3.63) is 42.1 Å². The third kappa shape index (κ3) is 4.07. The highest BCUT2D eigenvalue weighted by atomic mass is 16.5. The molecule has 0 radical (unpaired) electrons. The third-order valence-electron chi connectivity index (χ3n) is 3.85. The van der Waals surface area contributed by atoms with Crippen LogP contribution in [0.5, 0.6) is 0 Å². The van der Waals surface area contributed by atoms with Crippen LogP contribution in [0.4, 0.5) is 0 Å². The van der Waals surface area contributed by atoms with Crippen molar-refractivity contribution in [1.82, 2.24) is 19.9 Å². The largest absolute Gasteiger partial charge is 0.376 e. The van der Waals surface area contributed by atoms with E-state index < -0.39 is 0 Å². The highest BCUT2D eigenvalue weighted by Crippen LogP contribution is 2.11. The first-order chi connectivity index (χ1) is 11.2. The molecule has 7 heteroatoms. The molecule has 0 spiro atoms. The molecule has 0 amide bonds. The van der Waals surface area contributed by atoms with Gasteiger partial charge < -0.3 is 15.8 Å². The summed E-state index contributed by atoms with van der Waals surface area (Å²) in [6.45, 7) is 4.01. The Kier molecular flexibility index (Phi) is 4.87. The maximum atomic E-state index is 5.88. The predicted molar refractivity (Wildman–Crippen MR) is 88.4 cm³/mol. The lowest BCUT2D eigenvalue weighted by molar-refractivity contribution is 0.114. The minimum absolute atomic E-state index is 0.253. The number of pyridine rings is 1. The Morgan fingerprint density at radius 2 is 2.39 bits per heavy atom. The second kappa shape index (κ2) is 7.23. The molecule has 3 rings (SSSR count). The number of hydrogen-bond acceptors (Lipinski definition) is 4. The Morgan fingerprint density at radius 3 is 3.04 bits per heavy atom. The van der Waals surface area contributed by atoms with Gasteiger partial charge in [0.2, 0.25) is 0 Å². The topological polar surface area (TPSA) is 90.4 Å². The molecule has 1 fully saturated rings. The van der Waals surface area contributed by atoms with Crippen molar-refractivity contribution in [2.24, 2.45) is 10.7 Å². The van der Waals surface area contributed by atoms with Crippen molar-refractivity contribution >= 4 is 5.96 Å². The van der Waals surface area contributed by atoms with Gasteiger partial charge >= 0.3 is 0 Å². The Bertz CT molecular complexity index is 657. The molecule has 1 saturated heterocycles. The molecule has 3 N–H and O–H groups in total. The summed E-state index contributed by atoms with van der Waals surface area (Å²) in [4.78, 5) is 13.0. The first-order valence-corrected chi connectivity index (χ1v) is 7.83. The van der Waals surface area contributed by atoms with Gasteiger partial charge in [-0.05, 0) is 31.4 Å². The summed E-state index contributed by atoms with van der Waals surface area (Å²) in [7, 11) is 0. The minimum Gasteiger partial charge on any atom is -0.376 e. The van der Waals surface area contributed by atoms with E-state index in [0.717, 1.165) is 36.7 Å². The predicted octanol–water partition coefficient (Wildman–Crippen LogP) is 1.16. The van der Waals surface area contributed by atoms with Gasteiger partial charge in [0.1, 0.15) is 11.6 Å². The first-order valence-electron chi connectivity index (χ1n) is 7.83. The summed E-state index contributed by atoms with van der Waals surface area (Å²) in [6.07, 6.45) is 7.92. The zero-order chi connectivity index (χ0) is 16.1. The van der Waals surface area contributed by atoms with Crippen molar-refractivity contribution in [2.75, 3.05) is 13.2 Å². The van der Waals surface area contributed by atoms with Gasteiger partial charge in [0.15, 0.2) is 5.96 Å². The molecule has 3 heterocycles. The lowest BCUT2D eigenvalue weighted by Crippen LogP contribution is -2.37. The van der Waals surface area contributed by atoms with Crippen LogP contribution in [0.2, 0.25) is 0 Å². The monoisotopic (exact) mass is 314 g/mol. The highest BCUT2D eigenvalue weighted by Gasteiger charge is 2.14. The fourth-order valence-corrected chi connectivity index (χ4v) is 2.53. The van der Waals surface area contributed by atoms with Crippen LogP contribution in [-0.4, -0.2) is 39.8 Å². The smallest absolute Gasteiger partial charge is 0.189 e. The molecule has 7 nitrogen and oxygen atoms in total. The van der Waals surface area contributed by atoms with E-state index in [1.165, 1.54) is 0 Å². The van der Waals surface area contributed by atoms with E-state index in [1.807, 2.05) is 36.0 Å². The van der Waals surface area contributed by atoms with Crippen LogP contribution >= 0.6 is 0 Å². The number of imidazole rings is 1. The average molecular weight is 314 g/mol. The number of nitrogens with zero attached hydrogens (tertiary/aromatic N) is 4. The van der Waals surface area contributed by atoms with Gasteiger partial charge in [-0.3, -0.25) is 4.57 Å². The van der Waals surface area contributed by atoms with E-state index in [4.69, 9.17) is 10.5 Å². The van der Waals surface area contributed by atoms with Crippen molar-refractivity contribution in [3.63, 3.8) is 0 Å². The van der Waals surface area contributed by atoms with Crippen molar-refractivity contribution in [3.8, 4) is 5.82 Å². The molecule has 0 aromatic carbocycles. The molecule has 23 heavy (non-hydrogen) atoms. The summed E-state index contributed by atoms with van der Waals surface area (Å²) >= 11 is 0. The van der Waals surface area contributed by atoms with Gasteiger partial charge in [-0.1, -0.05) is 6.07 Å². The molecule has 1 aliphatic heterocycles. The van der Waals surface area contributed by atoms with E-state index in [9.17, 15) is 0 Å². The second-order valence-corrected chi connectivity index (χ2v) is 5.59. The molecule has 1 atom stereocenters. The van der Waals surface area contributed by atoms with Crippen LogP contribution in [0.3, 0.4) is 0 Å². The number of rotatable bonds is 5. The number of aliphatic imine (C=N–C) groups is 1. The SMILES string of the molecule is Cc1nccn1-c1ccc(CN=C(N)NCC2CCCO2)cn1. The quantitative estimate of drug-likeness (QED) is 0.638. The van der Waals surface area contributed by atoms with Crippen molar-refractivity contribution in [2.45, 2.75) is 32.4 Å². The molecule has 1 unspecified atom stereocenters. The maximum Gasteiger partial charge on any atom is 0.189 e. The average Bonchev–Trinajstić information content (AvgIpc) is 3.23. The third-order valence-corrected chi connectivity index (χ3v) is 3.85. The summed E-state index contributed by atoms with van der Waals surface area (Å²) in [6, 6.07) is 3.95. The van der Waals surface area contributed by atoms with E-state index in [0.29, 0.717) is 19.0 Å². The lowest BCUT2D eigenvalue weighted by atomic mass is 10.2. The Labute approximate surface area is 135 Å². The summed E-state index contributed by atoms with van der Waals surface area (Å²) in [5, 5.41) is 3.11. The van der Waals surface area contributed by atoms with Crippen LogP contribution in [0.15, 0.2) is 35.7 Å². The molecule has 122 valence electrons. The summed E-state index contributed by atoms with van der Waals surface area (Å²) in [5.41, 5.74) is 6.88. The molecular formula is C16H22N6O. The second-order valence-electron chi connectivity index (χ2n) is 5.59. The molecule has 0 aliphatic carbocycles. The first kappa shape index (κ1) is 15.5. The van der Waals surface area contributed by atoms with Crippen LogP contribution < -0.4 is 11.1 Å². The lowest BCUT2D eigenvalue weighted by Gasteiger charge is -2.11. The van der Waals surface area contributed by atoms with E-state index in [-0.39, 0.29) is 6.10 Å². The summed E-state index contributed by atoms with van der Waals surface area (Å²) in [5.74, 6) is 2.19. The van der Waals surface area contributed by atoms with Crippen LogP contribution in [-0.2, 0) is 11.3 Å². The van der Waals surface area contributed by atoms with Crippen molar-refractivity contribution in [1.29, 1.82) is 0 Å². The molecule has 0 bridgehead atoms. The fraction of sp³-hybridized carbons (Fsp3) is 0.438. The normalized spacial score (nSPS) is 18.3. The summed E-state index contributed by atoms with van der Waals surface area (Å²) < 4.78 is 7.47. The van der Waals surface area contributed by atoms with Gasteiger partial charge in [-0.25, -0.2) is 15.0 Å². The van der Waals surface area contributed by atoms with E-state index in [1.54, 1.807) is 6.20 Å². The van der Waals surface area contributed by atoms with Gasteiger partial charge in [0.05, 0.1) is 12.6 Å². The number of nitrogens with two attached hydrogens (primary N) is 1. The maximum absolute atomic E-state index is 5.88. The van der Waals surface area contributed by atoms with Crippen LogP contribution in [0.1, 0.15) is 24.2 Å². The number of hydrogen-bond donors (Lipinski definition) is 2. The Morgan fingerprint density at radius 1 is 1.48 bits per heavy atom. The number of nitrogens with one attached hydrogen (secondary N) is 1. The van der Waals surface area contributed by atoms with Gasteiger partial charge in [-0.2, -0.15) is 0 Å². The zero-order valence-corrected chi connectivity index (χ0v) is 13.3. The van der Waals surface area contributed by atoms with E-state index in [2.05, 4.69) is 20.3 Å². The number of aryl methyl sites for hydroxylation is 1. The van der Waals surface area contributed by atoms with Crippen LogP contribution in [0, 0.1) is 6.92 Å². The Hall–Kier alpha value is -2.41. The number of guanidine groups is 1. The molecular weight excluding hydrogens is 292 g/mol. The van der Waals surface area contributed by atoms with E-state index >= 15 is 0 Å². The minimum atomic E-state index is 0.253. The van der Waals surface area contributed by atoms with Gasteiger partial charge in [0.25, 0.3) is 0 Å². The zero-order valence-electron chi connectivity index (χ0n) is 13.3. The number of ether oxygens (including phenoxy) is 1. The molecule has 0 saturated carbocycles. The van der Waals surface area contributed by atoms with Gasteiger partial charge in [-0.15, -0.1) is 0 Å². The highest BCUT2D eigenvalue weighted by molar-refractivity contribution is 5.77. The Balaban J connectivity index is 1.53. The van der Waals surface area contributed by atoms with Crippen LogP contribution in [0.25, 0.3) is 5.82 Å². The van der Waals surface area contributed by atoms with Gasteiger partial charge in [0, 0.05) is 31.7 Å². The molecule has 1 aliphatic rings. The molecule has 2 aromatic heterocycles. The fourth-order valence-electron chi connectivity index (χ4n) is 2.53. The standard InChI is InChI=1S/C16H22N6O/c1-12-18-6-7-22(12)15-5-4-13(9-19-15)10-20-16(17)21-11-14-3-2-8-23-14/h4-7,9,14H,2-3,8,10-11H2,1H3,(H3,17,20,21). The number of aromatic nitrogens is 3.